The van der Waals surface area contributed by atoms with Crippen LogP contribution in [0.2, 0.25) is 0 Å². The van der Waals surface area contributed by atoms with Crippen molar-refractivity contribution in [3.05, 3.63) is 0 Å². The van der Waals surface area contributed by atoms with E-state index in [2.05, 4.69) is 10.2 Å². The van der Waals surface area contributed by atoms with Crippen LogP contribution in [-0.4, -0.2) is 56.7 Å². The lowest BCUT2D eigenvalue weighted by Crippen LogP contribution is -2.58. The third kappa shape index (κ3) is 4.59. The van der Waals surface area contributed by atoms with Crippen molar-refractivity contribution in [1.82, 2.24) is 10.2 Å². The van der Waals surface area contributed by atoms with E-state index in [9.17, 15) is 4.79 Å². The van der Waals surface area contributed by atoms with Crippen molar-refractivity contribution in [1.29, 1.82) is 0 Å². The molecule has 90 valence electrons. The highest BCUT2D eigenvalue weighted by atomic mass is 16.5. The number of amides is 1. The van der Waals surface area contributed by atoms with Crippen LogP contribution in [0.3, 0.4) is 0 Å². The average Bonchev–Trinajstić information content (AvgIpc) is 2.23. The fraction of sp³-hybridized carbons (Fsp3) is 0.900. The monoisotopic (exact) mass is 217 g/mol. The minimum absolute atomic E-state index is 0.333. The molecular weight excluding hydrogens is 194 g/mol. The molecule has 0 heterocycles. The zero-order valence-corrected chi connectivity index (χ0v) is 10.2. The van der Waals surface area contributed by atoms with E-state index in [1.165, 1.54) is 0 Å². The number of rotatable bonds is 8. The number of hydrogen-bond donors (Lipinski definition) is 2. The molecule has 0 aliphatic carbocycles. The highest BCUT2D eigenvalue weighted by Crippen LogP contribution is 2.05. The zero-order chi connectivity index (χ0) is 11.9. The van der Waals surface area contributed by atoms with Crippen molar-refractivity contribution in [3.8, 4) is 0 Å². The molecule has 1 amide bonds. The van der Waals surface area contributed by atoms with Crippen LogP contribution >= 0.6 is 0 Å². The Morgan fingerprint density at radius 3 is 2.53 bits per heavy atom. The van der Waals surface area contributed by atoms with Gasteiger partial charge < -0.3 is 15.8 Å². The van der Waals surface area contributed by atoms with Gasteiger partial charge in [-0.25, -0.2) is 0 Å². The molecule has 0 aliphatic heterocycles. The van der Waals surface area contributed by atoms with Crippen LogP contribution in [0.25, 0.3) is 0 Å². The van der Waals surface area contributed by atoms with Gasteiger partial charge in [0, 0.05) is 20.2 Å². The van der Waals surface area contributed by atoms with Crippen LogP contribution in [0.4, 0.5) is 0 Å². The number of likely N-dealkylation sites (N-methyl/N-ethyl adjacent to an activating group) is 2. The van der Waals surface area contributed by atoms with E-state index in [0.717, 1.165) is 13.1 Å². The van der Waals surface area contributed by atoms with E-state index < -0.39 is 5.54 Å². The number of carbonyl (C=O) groups is 1. The Morgan fingerprint density at radius 1 is 1.60 bits per heavy atom. The van der Waals surface area contributed by atoms with Gasteiger partial charge in [-0.1, -0.05) is 6.92 Å². The minimum Gasteiger partial charge on any atom is -0.383 e. The van der Waals surface area contributed by atoms with Gasteiger partial charge in [-0.3, -0.25) is 9.69 Å². The van der Waals surface area contributed by atoms with Gasteiger partial charge >= 0.3 is 0 Å². The predicted molar refractivity (Wildman–Crippen MR) is 60.6 cm³/mol. The maximum Gasteiger partial charge on any atom is 0.238 e. The summed E-state index contributed by atoms with van der Waals surface area (Å²) in [7, 11) is 3.41. The summed E-state index contributed by atoms with van der Waals surface area (Å²) in [5.74, 6) is -0.333. The van der Waals surface area contributed by atoms with Crippen LogP contribution in [-0.2, 0) is 9.53 Å². The quantitative estimate of drug-likeness (QED) is 0.571. The van der Waals surface area contributed by atoms with E-state index in [1.54, 1.807) is 14.2 Å². The Kier molecular flexibility index (Phi) is 6.47. The van der Waals surface area contributed by atoms with E-state index in [0.29, 0.717) is 13.2 Å². The van der Waals surface area contributed by atoms with Crippen molar-refractivity contribution in [2.45, 2.75) is 19.4 Å². The first-order chi connectivity index (χ1) is 7.00. The SMILES string of the molecule is CCN(CCOC)CC(C)(NC)C(N)=O. The molecule has 0 rings (SSSR count). The van der Waals surface area contributed by atoms with Crippen molar-refractivity contribution in [3.63, 3.8) is 0 Å². The molecule has 0 aromatic rings. The van der Waals surface area contributed by atoms with Crippen molar-refractivity contribution in [2.24, 2.45) is 5.73 Å². The van der Waals surface area contributed by atoms with Crippen LogP contribution in [0.1, 0.15) is 13.8 Å². The lowest BCUT2D eigenvalue weighted by atomic mass is 10.0. The Morgan fingerprint density at radius 2 is 2.20 bits per heavy atom. The number of hydrogen-bond acceptors (Lipinski definition) is 4. The van der Waals surface area contributed by atoms with Crippen LogP contribution in [0.15, 0.2) is 0 Å². The van der Waals surface area contributed by atoms with Crippen molar-refractivity contribution < 1.29 is 9.53 Å². The molecule has 0 aromatic heterocycles. The van der Waals surface area contributed by atoms with E-state index in [4.69, 9.17) is 10.5 Å². The molecule has 0 radical (unpaired) electrons. The molecule has 1 unspecified atom stereocenters. The number of carbonyl (C=O) groups excluding carboxylic acids is 1. The normalized spacial score (nSPS) is 15.3. The first kappa shape index (κ1) is 14.3. The van der Waals surface area contributed by atoms with Gasteiger partial charge in [-0.2, -0.15) is 0 Å². The summed E-state index contributed by atoms with van der Waals surface area (Å²) in [5.41, 5.74) is 4.68. The Balaban J connectivity index is 4.29. The Bertz CT molecular complexity index is 199. The fourth-order valence-electron chi connectivity index (χ4n) is 1.30. The second kappa shape index (κ2) is 6.76. The summed E-state index contributed by atoms with van der Waals surface area (Å²) < 4.78 is 5.00. The summed E-state index contributed by atoms with van der Waals surface area (Å²) in [5, 5.41) is 2.96. The molecule has 3 N–H and O–H groups in total. The highest BCUT2D eigenvalue weighted by Gasteiger charge is 2.30. The van der Waals surface area contributed by atoms with Crippen molar-refractivity contribution >= 4 is 5.91 Å². The number of nitrogens with zero attached hydrogens (tertiary/aromatic N) is 1. The van der Waals surface area contributed by atoms with Crippen LogP contribution in [0, 0.1) is 0 Å². The molecule has 0 bridgehead atoms. The standard InChI is InChI=1S/C10H23N3O2/c1-5-13(6-7-15-4)8-10(2,12-3)9(11)14/h12H,5-8H2,1-4H3,(H2,11,14). The van der Waals surface area contributed by atoms with E-state index in [-0.39, 0.29) is 5.91 Å². The largest absolute Gasteiger partial charge is 0.383 e. The van der Waals surface area contributed by atoms with E-state index in [1.807, 2.05) is 13.8 Å². The second-order valence-electron chi connectivity index (χ2n) is 3.81. The van der Waals surface area contributed by atoms with Crippen LogP contribution < -0.4 is 11.1 Å². The zero-order valence-electron chi connectivity index (χ0n) is 10.2. The summed E-state index contributed by atoms with van der Waals surface area (Å²) in [6.07, 6.45) is 0. The maximum absolute atomic E-state index is 11.3. The maximum atomic E-state index is 11.3. The van der Waals surface area contributed by atoms with Gasteiger partial charge in [0.2, 0.25) is 5.91 Å². The topological polar surface area (TPSA) is 67.6 Å². The minimum atomic E-state index is -0.677. The average molecular weight is 217 g/mol. The Hall–Kier alpha value is -0.650. The summed E-state index contributed by atoms with van der Waals surface area (Å²) in [6.45, 7) is 6.79. The highest BCUT2D eigenvalue weighted by molar-refractivity contribution is 5.84. The first-order valence-corrected chi connectivity index (χ1v) is 5.20. The first-order valence-electron chi connectivity index (χ1n) is 5.20. The molecule has 15 heavy (non-hydrogen) atoms. The van der Waals surface area contributed by atoms with Gasteiger partial charge in [-0.15, -0.1) is 0 Å². The molecule has 0 saturated heterocycles. The smallest absolute Gasteiger partial charge is 0.238 e. The third-order valence-electron chi connectivity index (χ3n) is 2.69. The number of ether oxygens (including phenoxy) is 1. The van der Waals surface area contributed by atoms with Gasteiger partial charge in [0.15, 0.2) is 0 Å². The summed E-state index contributed by atoms with van der Waals surface area (Å²) in [4.78, 5) is 13.4. The third-order valence-corrected chi connectivity index (χ3v) is 2.69. The lowest BCUT2D eigenvalue weighted by molar-refractivity contribution is -0.124. The molecule has 0 aliphatic rings. The number of methoxy groups -OCH3 is 1. The number of nitrogens with two attached hydrogens (primary N) is 1. The summed E-state index contributed by atoms with van der Waals surface area (Å²) >= 11 is 0. The molecular formula is C10H23N3O2. The molecule has 0 saturated carbocycles. The number of nitrogens with one attached hydrogen (secondary N) is 1. The van der Waals surface area contributed by atoms with Crippen molar-refractivity contribution in [2.75, 3.05) is 40.4 Å². The second-order valence-corrected chi connectivity index (χ2v) is 3.81. The van der Waals surface area contributed by atoms with Gasteiger partial charge in [0.1, 0.15) is 5.54 Å². The predicted octanol–water partition coefficient (Wildman–Crippen LogP) is -0.582. The molecule has 0 spiro atoms. The summed E-state index contributed by atoms with van der Waals surface area (Å²) in [6, 6.07) is 0. The molecule has 0 fully saturated rings. The molecule has 1 atom stereocenters. The van der Waals surface area contributed by atoms with Gasteiger partial charge in [0.05, 0.1) is 6.61 Å². The van der Waals surface area contributed by atoms with E-state index >= 15 is 0 Å². The lowest BCUT2D eigenvalue weighted by Gasteiger charge is -2.32. The number of primary amides is 1. The van der Waals surface area contributed by atoms with Gasteiger partial charge in [0.25, 0.3) is 0 Å². The molecule has 5 heteroatoms. The molecule has 5 nitrogen and oxygen atoms in total. The van der Waals surface area contributed by atoms with Crippen LogP contribution in [0.5, 0.6) is 0 Å². The van der Waals surface area contributed by atoms with Gasteiger partial charge in [-0.05, 0) is 20.5 Å². The molecule has 0 aromatic carbocycles. The Labute approximate surface area is 91.9 Å². The fourth-order valence-corrected chi connectivity index (χ4v) is 1.30.